The molecule has 0 aliphatic rings. The van der Waals surface area contributed by atoms with E-state index < -0.39 is 0 Å². The maximum absolute atomic E-state index is 5.57. The summed E-state index contributed by atoms with van der Waals surface area (Å²) < 4.78 is 5.57. The second-order valence-electron chi connectivity index (χ2n) is 6.16. The third kappa shape index (κ3) is 4.30. The van der Waals surface area contributed by atoms with Crippen molar-refractivity contribution in [1.82, 2.24) is 15.6 Å². The van der Waals surface area contributed by atoms with Crippen LogP contribution >= 0.6 is 0 Å². The molecule has 0 fully saturated rings. The van der Waals surface area contributed by atoms with E-state index in [4.69, 9.17) is 4.42 Å². The summed E-state index contributed by atoms with van der Waals surface area (Å²) >= 11 is 0. The predicted molar refractivity (Wildman–Crippen MR) is 105 cm³/mol. The number of nitrogens with zero attached hydrogens (tertiary/aromatic N) is 2. The number of aryl methyl sites for hydroxylation is 1. The van der Waals surface area contributed by atoms with E-state index >= 15 is 0 Å². The summed E-state index contributed by atoms with van der Waals surface area (Å²) in [6.07, 6.45) is 1.67. The maximum Gasteiger partial charge on any atom is 0.226 e. The third-order valence-corrected chi connectivity index (χ3v) is 4.24. The molecule has 1 heterocycles. The highest BCUT2D eigenvalue weighted by molar-refractivity contribution is 5.80. The molecule has 5 heteroatoms. The summed E-state index contributed by atoms with van der Waals surface area (Å²) in [5, 5.41) is 6.70. The summed E-state index contributed by atoms with van der Waals surface area (Å²) in [5.41, 5.74) is 4.31. The van der Waals surface area contributed by atoms with Gasteiger partial charge >= 0.3 is 0 Å². The van der Waals surface area contributed by atoms with Crippen LogP contribution in [0.4, 0.5) is 0 Å². The molecule has 0 radical (unpaired) electrons. The standard InChI is InChI=1S/C21H24N4O/c1-15-9-7-8-12-19(15)16(2)24-21(22-3)23-13-18-14-26-20(25-18)17-10-5-4-6-11-17/h4-12,14,16H,13H2,1-3H3,(H2,22,23,24). The minimum atomic E-state index is 0.152. The van der Waals surface area contributed by atoms with E-state index in [1.165, 1.54) is 11.1 Å². The van der Waals surface area contributed by atoms with Crippen LogP contribution < -0.4 is 10.6 Å². The van der Waals surface area contributed by atoms with E-state index in [2.05, 4.69) is 52.7 Å². The summed E-state index contributed by atoms with van der Waals surface area (Å²) in [6, 6.07) is 18.4. The Balaban J connectivity index is 1.60. The monoisotopic (exact) mass is 348 g/mol. The molecule has 2 aromatic carbocycles. The third-order valence-electron chi connectivity index (χ3n) is 4.24. The van der Waals surface area contributed by atoms with Crippen LogP contribution in [0.1, 0.15) is 29.8 Å². The van der Waals surface area contributed by atoms with Crippen molar-refractivity contribution in [2.75, 3.05) is 7.05 Å². The lowest BCUT2D eigenvalue weighted by molar-refractivity contribution is 0.572. The Hall–Kier alpha value is -3.08. The molecular formula is C21H24N4O. The second-order valence-corrected chi connectivity index (χ2v) is 6.16. The topological polar surface area (TPSA) is 62.5 Å². The highest BCUT2D eigenvalue weighted by atomic mass is 16.3. The van der Waals surface area contributed by atoms with Gasteiger partial charge in [-0.3, -0.25) is 4.99 Å². The number of aromatic nitrogens is 1. The van der Waals surface area contributed by atoms with Gasteiger partial charge in [0.15, 0.2) is 5.96 Å². The Morgan fingerprint density at radius 1 is 1.12 bits per heavy atom. The minimum absolute atomic E-state index is 0.152. The van der Waals surface area contributed by atoms with Gasteiger partial charge in [-0.05, 0) is 37.1 Å². The van der Waals surface area contributed by atoms with Crippen molar-refractivity contribution in [3.05, 3.63) is 77.7 Å². The van der Waals surface area contributed by atoms with Gasteiger partial charge < -0.3 is 15.1 Å². The van der Waals surface area contributed by atoms with Crippen LogP contribution in [-0.2, 0) is 6.54 Å². The van der Waals surface area contributed by atoms with Crippen molar-refractivity contribution in [3.63, 3.8) is 0 Å². The molecule has 3 rings (SSSR count). The fraction of sp³-hybridized carbons (Fsp3) is 0.238. The van der Waals surface area contributed by atoms with E-state index in [0.29, 0.717) is 12.4 Å². The first-order chi connectivity index (χ1) is 12.7. The fourth-order valence-electron chi connectivity index (χ4n) is 2.83. The van der Waals surface area contributed by atoms with Crippen molar-refractivity contribution < 1.29 is 4.42 Å². The highest BCUT2D eigenvalue weighted by Gasteiger charge is 2.11. The first-order valence-electron chi connectivity index (χ1n) is 8.70. The molecule has 134 valence electrons. The average molecular weight is 348 g/mol. The van der Waals surface area contributed by atoms with Gasteiger partial charge in [0, 0.05) is 12.6 Å². The number of oxazole rings is 1. The lowest BCUT2D eigenvalue weighted by Gasteiger charge is -2.19. The van der Waals surface area contributed by atoms with Crippen LogP contribution in [0.5, 0.6) is 0 Å². The number of hydrogen-bond donors (Lipinski definition) is 2. The number of hydrogen-bond acceptors (Lipinski definition) is 3. The molecule has 0 saturated carbocycles. The Kier molecular flexibility index (Phi) is 5.69. The van der Waals surface area contributed by atoms with Crippen molar-refractivity contribution in [2.45, 2.75) is 26.4 Å². The van der Waals surface area contributed by atoms with Crippen LogP contribution in [0, 0.1) is 6.92 Å². The SMILES string of the molecule is CN=C(NCc1coc(-c2ccccc2)n1)NC(C)c1ccccc1C. The normalized spacial score (nSPS) is 12.7. The molecule has 0 aliphatic heterocycles. The molecule has 0 saturated heterocycles. The minimum Gasteiger partial charge on any atom is -0.444 e. The molecule has 26 heavy (non-hydrogen) atoms. The van der Waals surface area contributed by atoms with Crippen LogP contribution in [0.2, 0.25) is 0 Å². The summed E-state index contributed by atoms with van der Waals surface area (Å²) in [7, 11) is 1.76. The Morgan fingerprint density at radius 3 is 2.58 bits per heavy atom. The van der Waals surface area contributed by atoms with Gasteiger partial charge in [0.25, 0.3) is 0 Å². The smallest absolute Gasteiger partial charge is 0.226 e. The summed E-state index contributed by atoms with van der Waals surface area (Å²) in [4.78, 5) is 8.83. The molecule has 0 aliphatic carbocycles. The Bertz CT molecular complexity index is 870. The van der Waals surface area contributed by atoms with Crippen LogP contribution in [0.3, 0.4) is 0 Å². The van der Waals surface area contributed by atoms with E-state index in [0.717, 1.165) is 17.2 Å². The van der Waals surface area contributed by atoms with Crippen LogP contribution in [0.15, 0.2) is 70.3 Å². The Labute approximate surface area is 154 Å². The molecule has 5 nitrogen and oxygen atoms in total. The zero-order valence-electron chi connectivity index (χ0n) is 15.4. The molecular weight excluding hydrogens is 324 g/mol. The van der Waals surface area contributed by atoms with Gasteiger partial charge in [0.2, 0.25) is 5.89 Å². The van der Waals surface area contributed by atoms with Gasteiger partial charge in [0.05, 0.1) is 18.3 Å². The van der Waals surface area contributed by atoms with Gasteiger partial charge in [-0.1, -0.05) is 42.5 Å². The average Bonchev–Trinajstić information content (AvgIpc) is 3.15. The van der Waals surface area contributed by atoms with Gasteiger partial charge in [0.1, 0.15) is 6.26 Å². The number of benzene rings is 2. The van der Waals surface area contributed by atoms with Crippen molar-refractivity contribution in [3.8, 4) is 11.5 Å². The van der Waals surface area contributed by atoms with E-state index in [-0.39, 0.29) is 6.04 Å². The molecule has 0 amide bonds. The zero-order chi connectivity index (χ0) is 18.4. The van der Waals surface area contributed by atoms with Gasteiger partial charge in [-0.2, -0.15) is 0 Å². The molecule has 3 aromatic rings. The first kappa shape index (κ1) is 17.7. The highest BCUT2D eigenvalue weighted by Crippen LogP contribution is 2.18. The number of aliphatic imine (C=N–C) groups is 1. The lowest BCUT2D eigenvalue weighted by Crippen LogP contribution is -2.38. The predicted octanol–water partition coefficient (Wildman–Crippen LogP) is 4.08. The van der Waals surface area contributed by atoms with Crippen molar-refractivity contribution in [2.24, 2.45) is 4.99 Å². The summed E-state index contributed by atoms with van der Waals surface area (Å²) in [6.45, 7) is 4.78. The quantitative estimate of drug-likeness (QED) is 0.539. The molecule has 1 aromatic heterocycles. The number of rotatable bonds is 5. The van der Waals surface area contributed by atoms with Gasteiger partial charge in [-0.15, -0.1) is 0 Å². The van der Waals surface area contributed by atoms with E-state index in [9.17, 15) is 0 Å². The molecule has 2 N–H and O–H groups in total. The first-order valence-corrected chi connectivity index (χ1v) is 8.70. The van der Waals surface area contributed by atoms with E-state index in [1.807, 2.05) is 36.4 Å². The molecule has 1 unspecified atom stereocenters. The largest absolute Gasteiger partial charge is 0.444 e. The second kappa shape index (κ2) is 8.34. The number of guanidine groups is 1. The van der Waals surface area contributed by atoms with Gasteiger partial charge in [-0.25, -0.2) is 4.98 Å². The van der Waals surface area contributed by atoms with E-state index in [1.54, 1.807) is 13.3 Å². The van der Waals surface area contributed by atoms with Crippen molar-refractivity contribution in [1.29, 1.82) is 0 Å². The molecule has 0 spiro atoms. The summed E-state index contributed by atoms with van der Waals surface area (Å²) in [5.74, 6) is 1.35. The lowest BCUT2D eigenvalue weighted by atomic mass is 10.0. The molecule has 1 atom stereocenters. The van der Waals surface area contributed by atoms with Crippen molar-refractivity contribution >= 4 is 5.96 Å². The van der Waals surface area contributed by atoms with Crippen LogP contribution in [0.25, 0.3) is 11.5 Å². The maximum atomic E-state index is 5.57. The fourth-order valence-corrected chi connectivity index (χ4v) is 2.83. The molecule has 0 bridgehead atoms. The number of nitrogens with one attached hydrogen (secondary N) is 2. The van der Waals surface area contributed by atoms with Crippen LogP contribution in [-0.4, -0.2) is 18.0 Å². The Morgan fingerprint density at radius 2 is 1.85 bits per heavy atom. The zero-order valence-corrected chi connectivity index (χ0v) is 15.4.